The van der Waals surface area contributed by atoms with Crippen LogP contribution in [-0.4, -0.2) is 64.6 Å². The summed E-state index contributed by atoms with van der Waals surface area (Å²) in [4.78, 5) is 14.0. The Morgan fingerprint density at radius 3 is 2.61 bits per heavy atom. The maximum absolute atomic E-state index is 12.3. The van der Waals surface area contributed by atoms with Gasteiger partial charge in [-0.25, -0.2) is 8.42 Å². The SMILES string of the molecule is CS(=O)(=O)[C@H]1C[C@@H](NC(O)N2CCn3nc(-c4ccc(Cl)c(Cl)c4)c(C(N)=O)c3C2)C1. The molecule has 0 spiro atoms. The Balaban J connectivity index is 1.53. The first-order chi connectivity index (χ1) is 14.5. The lowest BCUT2D eigenvalue weighted by molar-refractivity contribution is -0.0515. The summed E-state index contributed by atoms with van der Waals surface area (Å²) in [7, 11) is -3.06. The van der Waals surface area contributed by atoms with E-state index in [1.807, 2.05) is 0 Å². The molecule has 1 amide bonds. The molecule has 0 saturated heterocycles. The molecule has 1 fully saturated rings. The first-order valence-corrected chi connectivity index (χ1v) is 12.5. The van der Waals surface area contributed by atoms with Gasteiger partial charge in [0.05, 0.1) is 33.1 Å². The molecule has 1 aromatic heterocycles. The van der Waals surface area contributed by atoms with E-state index in [0.717, 1.165) is 0 Å². The maximum Gasteiger partial charge on any atom is 0.252 e. The van der Waals surface area contributed by atoms with Gasteiger partial charge in [-0.2, -0.15) is 5.10 Å². The Hall–Kier alpha value is -1.69. The number of aliphatic hydroxyl groups is 1. The second-order valence-electron chi connectivity index (χ2n) is 8.02. The van der Waals surface area contributed by atoms with Crippen LogP contribution < -0.4 is 11.1 Å². The van der Waals surface area contributed by atoms with Gasteiger partial charge in [0.25, 0.3) is 5.91 Å². The summed E-state index contributed by atoms with van der Waals surface area (Å²) in [6.07, 6.45) is 1.18. The van der Waals surface area contributed by atoms with E-state index in [1.165, 1.54) is 6.26 Å². The number of primary amides is 1. The van der Waals surface area contributed by atoms with Crippen molar-refractivity contribution in [3.05, 3.63) is 39.5 Å². The highest BCUT2D eigenvalue weighted by atomic mass is 35.5. The van der Waals surface area contributed by atoms with Gasteiger partial charge in [-0.1, -0.05) is 29.3 Å². The molecule has 1 aliphatic heterocycles. The Morgan fingerprint density at radius 2 is 2.00 bits per heavy atom. The Labute approximate surface area is 190 Å². The standard InChI is InChI=1S/C19H23Cl2N5O4S/c1-31(29,30)12-7-11(8-12)23-19(28)25-4-5-26-15(9-25)16(18(22)27)17(24-26)10-2-3-13(20)14(21)6-10/h2-3,6,11-12,19,23,28H,4-5,7-9H2,1H3,(H2,22,27)/t11-,12+,19?. The van der Waals surface area contributed by atoms with Crippen molar-refractivity contribution in [1.82, 2.24) is 20.0 Å². The molecule has 1 aliphatic carbocycles. The summed E-state index contributed by atoms with van der Waals surface area (Å²) in [6, 6.07) is 4.90. The molecule has 2 aromatic rings. The first-order valence-electron chi connectivity index (χ1n) is 9.76. The van der Waals surface area contributed by atoms with Crippen LogP contribution in [0.5, 0.6) is 0 Å². The van der Waals surface area contributed by atoms with E-state index in [0.29, 0.717) is 52.9 Å². The van der Waals surface area contributed by atoms with E-state index in [9.17, 15) is 18.3 Å². The third-order valence-electron chi connectivity index (χ3n) is 5.88. The third-order valence-corrected chi connectivity index (χ3v) is 8.21. The van der Waals surface area contributed by atoms with E-state index in [2.05, 4.69) is 10.4 Å². The lowest BCUT2D eigenvalue weighted by Gasteiger charge is -2.39. The van der Waals surface area contributed by atoms with Gasteiger partial charge in [0.1, 0.15) is 15.5 Å². The van der Waals surface area contributed by atoms with E-state index in [1.54, 1.807) is 27.8 Å². The summed E-state index contributed by atoms with van der Waals surface area (Å²) in [5.74, 6) is -0.624. The molecule has 12 heteroatoms. The number of sulfone groups is 1. The number of benzene rings is 1. The van der Waals surface area contributed by atoms with Crippen LogP contribution in [0.1, 0.15) is 28.9 Å². The quantitative estimate of drug-likeness (QED) is 0.521. The number of carbonyl (C=O) groups excluding carboxylic acids is 1. The third kappa shape index (κ3) is 4.46. The molecular weight excluding hydrogens is 465 g/mol. The molecule has 31 heavy (non-hydrogen) atoms. The van der Waals surface area contributed by atoms with E-state index in [-0.39, 0.29) is 23.4 Å². The second kappa shape index (κ2) is 8.34. The molecule has 4 rings (SSSR count). The summed E-state index contributed by atoms with van der Waals surface area (Å²) in [6.45, 7) is 1.19. The number of aromatic nitrogens is 2. The zero-order valence-electron chi connectivity index (χ0n) is 16.8. The molecule has 1 saturated carbocycles. The fourth-order valence-corrected chi connectivity index (χ4v) is 5.48. The fourth-order valence-electron chi connectivity index (χ4n) is 4.02. The average Bonchev–Trinajstić information content (AvgIpc) is 3.04. The average molecular weight is 488 g/mol. The van der Waals surface area contributed by atoms with Crippen LogP contribution >= 0.6 is 23.2 Å². The highest BCUT2D eigenvalue weighted by Gasteiger charge is 2.38. The molecule has 1 aromatic carbocycles. The minimum absolute atomic E-state index is 0.0797. The molecule has 1 unspecified atom stereocenters. The predicted molar refractivity (Wildman–Crippen MR) is 117 cm³/mol. The summed E-state index contributed by atoms with van der Waals surface area (Å²) >= 11 is 12.1. The van der Waals surface area contributed by atoms with Crippen LogP contribution in [0.25, 0.3) is 11.3 Å². The van der Waals surface area contributed by atoms with Crippen LogP contribution in [0.3, 0.4) is 0 Å². The van der Waals surface area contributed by atoms with Crippen molar-refractivity contribution in [1.29, 1.82) is 0 Å². The number of halogens is 2. The fraction of sp³-hybridized carbons (Fsp3) is 0.474. The van der Waals surface area contributed by atoms with Crippen molar-refractivity contribution in [3.63, 3.8) is 0 Å². The molecule has 9 nitrogen and oxygen atoms in total. The molecule has 0 bridgehead atoms. The van der Waals surface area contributed by atoms with Crippen molar-refractivity contribution >= 4 is 38.9 Å². The molecule has 2 aliphatic rings. The van der Waals surface area contributed by atoms with Crippen molar-refractivity contribution in [2.75, 3.05) is 12.8 Å². The van der Waals surface area contributed by atoms with Gasteiger partial charge >= 0.3 is 0 Å². The van der Waals surface area contributed by atoms with E-state index >= 15 is 0 Å². The zero-order valence-corrected chi connectivity index (χ0v) is 19.1. The van der Waals surface area contributed by atoms with Gasteiger partial charge in [0.15, 0.2) is 6.35 Å². The highest BCUT2D eigenvalue weighted by molar-refractivity contribution is 7.91. The lowest BCUT2D eigenvalue weighted by atomic mass is 9.92. The smallest absolute Gasteiger partial charge is 0.252 e. The van der Waals surface area contributed by atoms with Gasteiger partial charge in [-0.15, -0.1) is 0 Å². The molecule has 0 radical (unpaired) electrons. The number of fused-ring (bicyclic) bond motifs is 1. The van der Waals surface area contributed by atoms with Crippen molar-refractivity contribution in [2.24, 2.45) is 5.73 Å². The maximum atomic E-state index is 12.3. The van der Waals surface area contributed by atoms with Crippen molar-refractivity contribution < 1.29 is 18.3 Å². The highest BCUT2D eigenvalue weighted by Crippen LogP contribution is 2.33. The van der Waals surface area contributed by atoms with Crippen LogP contribution in [0.2, 0.25) is 10.0 Å². The lowest BCUT2D eigenvalue weighted by Crippen LogP contribution is -2.57. The van der Waals surface area contributed by atoms with Crippen molar-refractivity contribution in [3.8, 4) is 11.3 Å². The number of aliphatic hydroxyl groups excluding tert-OH is 1. The van der Waals surface area contributed by atoms with Crippen LogP contribution in [0, 0.1) is 0 Å². The van der Waals surface area contributed by atoms with Crippen molar-refractivity contribution in [2.45, 2.75) is 43.6 Å². The number of rotatable bonds is 6. The Kier molecular flexibility index (Phi) is 6.06. The second-order valence-corrected chi connectivity index (χ2v) is 11.2. The largest absolute Gasteiger partial charge is 0.365 e. The molecule has 168 valence electrons. The Morgan fingerprint density at radius 1 is 1.29 bits per heavy atom. The molecule has 4 N–H and O–H groups in total. The number of hydrogen-bond acceptors (Lipinski definition) is 7. The minimum atomic E-state index is -3.06. The topological polar surface area (TPSA) is 131 Å². The van der Waals surface area contributed by atoms with Gasteiger partial charge in [-0.3, -0.25) is 19.7 Å². The number of nitrogens with two attached hydrogens (primary N) is 1. The minimum Gasteiger partial charge on any atom is -0.365 e. The summed E-state index contributed by atoms with van der Waals surface area (Å²) in [5.41, 5.74) is 7.59. The first kappa shape index (κ1) is 22.5. The molecule has 1 atom stereocenters. The van der Waals surface area contributed by atoms with E-state index < -0.39 is 22.1 Å². The van der Waals surface area contributed by atoms with E-state index in [4.69, 9.17) is 28.9 Å². The Bertz CT molecular complexity index is 1130. The number of nitrogens with one attached hydrogen (secondary N) is 1. The predicted octanol–water partition coefficient (Wildman–Crippen LogP) is 1.21. The van der Waals surface area contributed by atoms with Gasteiger partial charge < -0.3 is 10.8 Å². The monoisotopic (exact) mass is 487 g/mol. The zero-order chi connectivity index (χ0) is 22.5. The normalized spacial score (nSPS) is 22.6. The van der Waals surface area contributed by atoms with Crippen LogP contribution in [0.15, 0.2) is 18.2 Å². The van der Waals surface area contributed by atoms with Crippen LogP contribution in [-0.2, 0) is 22.9 Å². The number of amides is 1. The van der Waals surface area contributed by atoms with Gasteiger partial charge in [0.2, 0.25) is 0 Å². The van der Waals surface area contributed by atoms with Gasteiger partial charge in [0, 0.05) is 31.0 Å². The van der Waals surface area contributed by atoms with Gasteiger partial charge in [-0.05, 0) is 25.0 Å². The number of nitrogens with zero attached hydrogens (tertiary/aromatic N) is 3. The molecule has 2 heterocycles. The molecular formula is C19H23Cl2N5O4S. The summed E-state index contributed by atoms with van der Waals surface area (Å²) in [5, 5.41) is 18.6. The number of hydrogen-bond donors (Lipinski definition) is 3. The van der Waals surface area contributed by atoms with Crippen LogP contribution in [0.4, 0.5) is 0 Å². The number of carbonyl (C=O) groups is 1. The summed E-state index contributed by atoms with van der Waals surface area (Å²) < 4.78 is 24.9.